The first kappa shape index (κ1) is 12.0. The van der Waals surface area contributed by atoms with E-state index >= 15 is 0 Å². The summed E-state index contributed by atoms with van der Waals surface area (Å²) in [7, 11) is 0. The van der Waals surface area contributed by atoms with Crippen LogP contribution in [-0.2, 0) is 0 Å². The number of nitrogens with one attached hydrogen (secondary N) is 2. The number of aryl methyl sites for hydroxylation is 1. The molecule has 0 saturated carbocycles. The molecule has 0 fully saturated rings. The normalized spacial score (nSPS) is 10.1. The summed E-state index contributed by atoms with van der Waals surface area (Å²) in [6.45, 7) is 1.64. The van der Waals surface area contributed by atoms with Gasteiger partial charge in [-0.15, -0.1) is 0 Å². The molecule has 5 heteroatoms. The highest BCUT2D eigenvalue weighted by atomic mass is 19.1. The van der Waals surface area contributed by atoms with Crippen LogP contribution in [0.15, 0.2) is 41.3 Å². The van der Waals surface area contributed by atoms with Crippen LogP contribution in [-0.4, -0.2) is 10.9 Å². The van der Waals surface area contributed by atoms with Crippen LogP contribution in [0.2, 0.25) is 0 Å². The molecule has 2 N–H and O–H groups in total. The number of benzene rings is 1. The Hall–Kier alpha value is -2.43. The molecule has 1 amide bonds. The minimum Gasteiger partial charge on any atom is -0.328 e. The van der Waals surface area contributed by atoms with Crippen molar-refractivity contribution >= 4 is 11.6 Å². The lowest BCUT2D eigenvalue weighted by atomic mass is 10.2. The maximum Gasteiger partial charge on any atom is 0.257 e. The van der Waals surface area contributed by atoms with Crippen molar-refractivity contribution in [1.29, 1.82) is 0 Å². The van der Waals surface area contributed by atoms with Gasteiger partial charge in [-0.2, -0.15) is 0 Å². The number of rotatable bonds is 2. The van der Waals surface area contributed by atoms with Gasteiger partial charge in [-0.3, -0.25) is 9.59 Å². The first-order valence-corrected chi connectivity index (χ1v) is 5.32. The average Bonchev–Trinajstić information content (AvgIpc) is 2.34. The number of aromatic amines is 1. The maximum atomic E-state index is 13.3. The number of anilines is 1. The molecule has 0 saturated heterocycles. The van der Waals surface area contributed by atoms with Crippen molar-refractivity contribution in [1.82, 2.24) is 4.98 Å². The predicted molar refractivity (Wildman–Crippen MR) is 66.2 cm³/mol. The third kappa shape index (κ3) is 2.63. The van der Waals surface area contributed by atoms with Crippen molar-refractivity contribution in [3.05, 3.63) is 63.8 Å². The third-order valence-corrected chi connectivity index (χ3v) is 2.48. The van der Waals surface area contributed by atoms with Crippen molar-refractivity contribution < 1.29 is 9.18 Å². The molecule has 0 spiro atoms. The second kappa shape index (κ2) is 4.83. The molecule has 92 valence electrons. The van der Waals surface area contributed by atoms with Gasteiger partial charge in [0.2, 0.25) is 5.56 Å². The highest BCUT2D eigenvalue weighted by molar-refractivity contribution is 6.03. The summed E-state index contributed by atoms with van der Waals surface area (Å²) in [6.07, 6.45) is 1.31. The molecule has 18 heavy (non-hydrogen) atoms. The van der Waals surface area contributed by atoms with Crippen molar-refractivity contribution in [2.45, 2.75) is 6.92 Å². The van der Waals surface area contributed by atoms with Gasteiger partial charge in [0.1, 0.15) is 5.82 Å². The van der Waals surface area contributed by atoms with Crippen molar-refractivity contribution in [3.8, 4) is 0 Å². The van der Waals surface area contributed by atoms with E-state index in [1.165, 1.54) is 24.4 Å². The van der Waals surface area contributed by atoms with Gasteiger partial charge in [0, 0.05) is 18.0 Å². The molecule has 1 aromatic carbocycles. The van der Waals surface area contributed by atoms with Gasteiger partial charge in [-0.1, -0.05) is 6.07 Å². The Bertz CT molecular complexity index is 629. The summed E-state index contributed by atoms with van der Waals surface area (Å²) in [5.41, 5.74) is 0.898. The van der Waals surface area contributed by atoms with E-state index in [-0.39, 0.29) is 11.4 Å². The van der Waals surface area contributed by atoms with Crippen LogP contribution in [0.5, 0.6) is 0 Å². The Labute approximate surface area is 102 Å². The topological polar surface area (TPSA) is 62.0 Å². The zero-order chi connectivity index (χ0) is 13.1. The average molecular weight is 246 g/mol. The van der Waals surface area contributed by atoms with Gasteiger partial charge < -0.3 is 10.3 Å². The SMILES string of the molecule is Cc1ccc(NC(=O)c2ccc(=O)[nH]c2)cc1F. The highest BCUT2D eigenvalue weighted by Gasteiger charge is 2.07. The van der Waals surface area contributed by atoms with Gasteiger partial charge >= 0.3 is 0 Å². The molecule has 2 rings (SSSR count). The van der Waals surface area contributed by atoms with E-state index in [0.717, 1.165) is 0 Å². The van der Waals surface area contributed by atoms with Crippen LogP contribution in [0, 0.1) is 12.7 Å². The van der Waals surface area contributed by atoms with E-state index in [1.807, 2.05) is 0 Å². The second-order valence-electron chi connectivity index (χ2n) is 3.86. The Morgan fingerprint density at radius 1 is 1.28 bits per heavy atom. The van der Waals surface area contributed by atoms with E-state index < -0.39 is 5.91 Å². The molecule has 4 nitrogen and oxygen atoms in total. The van der Waals surface area contributed by atoms with Crippen molar-refractivity contribution in [3.63, 3.8) is 0 Å². The summed E-state index contributed by atoms with van der Waals surface area (Å²) < 4.78 is 13.3. The number of aromatic nitrogens is 1. The Balaban J connectivity index is 2.18. The van der Waals surface area contributed by atoms with Crippen LogP contribution >= 0.6 is 0 Å². The minimum absolute atomic E-state index is 0.284. The van der Waals surface area contributed by atoms with Crippen LogP contribution in [0.3, 0.4) is 0 Å². The second-order valence-corrected chi connectivity index (χ2v) is 3.86. The molecule has 0 aliphatic carbocycles. The van der Waals surface area contributed by atoms with E-state index in [0.29, 0.717) is 16.8 Å². The first-order chi connectivity index (χ1) is 8.56. The molecule has 0 unspecified atom stereocenters. The molecular weight excluding hydrogens is 235 g/mol. The summed E-state index contributed by atoms with van der Waals surface area (Å²) in [6, 6.07) is 7.10. The minimum atomic E-state index is -0.408. The largest absolute Gasteiger partial charge is 0.328 e. The number of H-pyrrole nitrogens is 1. The number of hydrogen-bond acceptors (Lipinski definition) is 2. The van der Waals surface area contributed by atoms with Gasteiger partial charge in [0.05, 0.1) is 5.56 Å². The molecular formula is C13H11FN2O2. The molecule has 1 heterocycles. The molecule has 0 aliphatic rings. The first-order valence-electron chi connectivity index (χ1n) is 5.32. The predicted octanol–water partition coefficient (Wildman–Crippen LogP) is 2.07. The molecule has 0 radical (unpaired) electrons. The quantitative estimate of drug-likeness (QED) is 0.852. The standard InChI is InChI=1S/C13H11FN2O2/c1-8-2-4-10(6-11(8)14)16-13(18)9-3-5-12(17)15-7-9/h2-7H,1H3,(H,15,17)(H,16,18). The number of pyridine rings is 1. The fourth-order valence-corrected chi connectivity index (χ4v) is 1.43. The lowest BCUT2D eigenvalue weighted by molar-refractivity contribution is 0.102. The number of carbonyl (C=O) groups is 1. The zero-order valence-electron chi connectivity index (χ0n) is 9.66. The van der Waals surface area contributed by atoms with Crippen molar-refractivity contribution in [2.24, 2.45) is 0 Å². The maximum absolute atomic E-state index is 13.3. The summed E-state index contributed by atoms with van der Waals surface area (Å²) in [5.74, 6) is -0.788. The lowest BCUT2D eigenvalue weighted by Gasteiger charge is -2.06. The summed E-state index contributed by atoms with van der Waals surface area (Å²) in [5, 5.41) is 2.54. The van der Waals surface area contributed by atoms with Crippen LogP contribution < -0.4 is 10.9 Å². The van der Waals surface area contributed by atoms with Gasteiger partial charge in [0.25, 0.3) is 5.91 Å². The van der Waals surface area contributed by atoms with Gasteiger partial charge in [-0.05, 0) is 30.7 Å². The Morgan fingerprint density at radius 3 is 2.67 bits per heavy atom. The fraction of sp³-hybridized carbons (Fsp3) is 0.0769. The number of halogens is 1. The highest BCUT2D eigenvalue weighted by Crippen LogP contribution is 2.14. The number of carbonyl (C=O) groups excluding carboxylic acids is 1. The fourth-order valence-electron chi connectivity index (χ4n) is 1.43. The van der Waals surface area contributed by atoms with E-state index in [9.17, 15) is 14.0 Å². The van der Waals surface area contributed by atoms with Crippen LogP contribution in [0.1, 0.15) is 15.9 Å². The molecule has 1 aromatic heterocycles. The Kier molecular flexibility index (Phi) is 3.23. The van der Waals surface area contributed by atoms with Gasteiger partial charge in [0.15, 0.2) is 0 Å². The van der Waals surface area contributed by atoms with E-state index in [4.69, 9.17) is 0 Å². The van der Waals surface area contributed by atoms with Crippen molar-refractivity contribution in [2.75, 3.05) is 5.32 Å². The molecule has 0 aliphatic heterocycles. The zero-order valence-corrected chi connectivity index (χ0v) is 9.66. The van der Waals surface area contributed by atoms with Gasteiger partial charge in [-0.25, -0.2) is 4.39 Å². The van der Waals surface area contributed by atoms with E-state index in [1.54, 1.807) is 19.1 Å². The molecule has 0 bridgehead atoms. The smallest absolute Gasteiger partial charge is 0.257 e. The number of amides is 1. The molecule has 0 atom stereocenters. The van der Waals surface area contributed by atoms with Crippen LogP contribution in [0.25, 0.3) is 0 Å². The monoisotopic (exact) mass is 246 g/mol. The third-order valence-electron chi connectivity index (χ3n) is 2.48. The van der Waals surface area contributed by atoms with E-state index in [2.05, 4.69) is 10.3 Å². The number of hydrogen-bond donors (Lipinski definition) is 2. The Morgan fingerprint density at radius 2 is 2.06 bits per heavy atom. The summed E-state index contributed by atoms with van der Waals surface area (Å²) in [4.78, 5) is 25.0. The lowest BCUT2D eigenvalue weighted by Crippen LogP contribution is -2.14. The molecule has 2 aromatic rings. The van der Waals surface area contributed by atoms with Crippen LogP contribution in [0.4, 0.5) is 10.1 Å². The summed E-state index contributed by atoms with van der Waals surface area (Å²) >= 11 is 0.